The van der Waals surface area contributed by atoms with Crippen LogP contribution in [0.15, 0.2) is 84.2 Å². The van der Waals surface area contributed by atoms with Crippen LogP contribution in [0.5, 0.6) is 0 Å². The molecular formula is C23H18N2OS. The first kappa shape index (κ1) is 17.2. The molecule has 27 heavy (non-hydrogen) atoms. The van der Waals surface area contributed by atoms with Crippen molar-refractivity contribution in [3.63, 3.8) is 0 Å². The fourth-order valence-corrected chi connectivity index (χ4v) is 3.55. The number of aryl methyl sites for hydroxylation is 1. The molecule has 0 saturated heterocycles. The molecule has 0 atom stereocenters. The number of aromatic nitrogens is 1. The number of para-hydroxylation sites is 1. The van der Waals surface area contributed by atoms with Crippen molar-refractivity contribution in [2.75, 3.05) is 5.32 Å². The molecule has 4 aromatic rings. The maximum atomic E-state index is 12.7. The van der Waals surface area contributed by atoms with E-state index in [0.717, 1.165) is 33.1 Å². The van der Waals surface area contributed by atoms with Gasteiger partial charge in [0.15, 0.2) is 0 Å². The number of carbonyl (C=O) groups is 1. The first-order chi connectivity index (χ1) is 13.2. The molecule has 0 aliphatic rings. The lowest BCUT2D eigenvalue weighted by atomic mass is 10.0. The second-order valence-electron chi connectivity index (χ2n) is 6.19. The summed E-state index contributed by atoms with van der Waals surface area (Å²) in [5, 5.41) is 6.03. The van der Waals surface area contributed by atoms with Gasteiger partial charge in [-0.3, -0.25) is 4.79 Å². The Morgan fingerprint density at radius 2 is 1.52 bits per heavy atom. The van der Waals surface area contributed by atoms with Gasteiger partial charge >= 0.3 is 0 Å². The van der Waals surface area contributed by atoms with Gasteiger partial charge < -0.3 is 5.32 Å². The van der Waals surface area contributed by atoms with Crippen molar-refractivity contribution in [3.8, 4) is 22.4 Å². The van der Waals surface area contributed by atoms with E-state index in [1.54, 1.807) is 11.3 Å². The number of nitrogens with one attached hydrogen (secondary N) is 1. The number of thiazole rings is 1. The lowest BCUT2D eigenvalue weighted by molar-refractivity contribution is 0.102. The number of hydrogen-bond donors (Lipinski definition) is 1. The van der Waals surface area contributed by atoms with E-state index in [1.165, 1.54) is 0 Å². The number of amides is 1. The minimum absolute atomic E-state index is 0.131. The summed E-state index contributed by atoms with van der Waals surface area (Å²) in [6.07, 6.45) is 0. The third-order valence-electron chi connectivity index (χ3n) is 4.32. The van der Waals surface area contributed by atoms with E-state index in [0.29, 0.717) is 5.56 Å². The minimum Gasteiger partial charge on any atom is -0.321 e. The summed E-state index contributed by atoms with van der Waals surface area (Å²) >= 11 is 1.60. The SMILES string of the molecule is Cc1nc(-c2ccccc2NC(=O)c2ccc(-c3ccccc3)cc2)cs1. The van der Waals surface area contributed by atoms with E-state index in [1.807, 2.05) is 79.0 Å². The number of anilines is 1. The van der Waals surface area contributed by atoms with Gasteiger partial charge in [0, 0.05) is 16.5 Å². The number of nitrogens with zero attached hydrogens (tertiary/aromatic N) is 1. The number of hydrogen-bond acceptors (Lipinski definition) is 3. The molecule has 1 heterocycles. The first-order valence-corrected chi connectivity index (χ1v) is 9.57. The third kappa shape index (κ3) is 3.81. The molecule has 3 aromatic carbocycles. The first-order valence-electron chi connectivity index (χ1n) is 8.69. The molecule has 132 valence electrons. The number of benzene rings is 3. The van der Waals surface area contributed by atoms with Gasteiger partial charge in [-0.2, -0.15) is 0 Å². The van der Waals surface area contributed by atoms with E-state index >= 15 is 0 Å². The van der Waals surface area contributed by atoms with Crippen LogP contribution in [-0.4, -0.2) is 10.9 Å². The van der Waals surface area contributed by atoms with Crippen molar-refractivity contribution >= 4 is 22.9 Å². The third-order valence-corrected chi connectivity index (χ3v) is 5.10. The van der Waals surface area contributed by atoms with Gasteiger partial charge in [-0.15, -0.1) is 11.3 Å². The van der Waals surface area contributed by atoms with Crippen LogP contribution in [0.1, 0.15) is 15.4 Å². The van der Waals surface area contributed by atoms with Crippen molar-refractivity contribution in [3.05, 3.63) is 94.8 Å². The predicted octanol–water partition coefficient (Wildman–Crippen LogP) is 6.04. The van der Waals surface area contributed by atoms with Crippen molar-refractivity contribution in [2.24, 2.45) is 0 Å². The second-order valence-corrected chi connectivity index (χ2v) is 7.26. The summed E-state index contributed by atoms with van der Waals surface area (Å²) < 4.78 is 0. The summed E-state index contributed by atoms with van der Waals surface area (Å²) in [7, 11) is 0. The molecule has 3 nitrogen and oxygen atoms in total. The Kier molecular flexibility index (Phi) is 4.81. The second kappa shape index (κ2) is 7.56. The van der Waals surface area contributed by atoms with E-state index < -0.39 is 0 Å². The molecule has 4 rings (SSSR count). The van der Waals surface area contributed by atoms with Gasteiger partial charge in [0.25, 0.3) is 5.91 Å². The zero-order chi connectivity index (χ0) is 18.6. The van der Waals surface area contributed by atoms with Crippen LogP contribution in [0.2, 0.25) is 0 Å². The Morgan fingerprint density at radius 3 is 2.22 bits per heavy atom. The molecular weight excluding hydrogens is 352 g/mol. The highest BCUT2D eigenvalue weighted by Gasteiger charge is 2.12. The Morgan fingerprint density at radius 1 is 0.852 bits per heavy atom. The van der Waals surface area contributed by atoms with Crippen molar-refractivity contribution in [1.82, 2.24) is 4.98 Å². The lowest BCUT2D eigenvalue weighted by Gasteiger charge is -2.10. The highest BCUT2D eigenvalue weighted by Crippen LogP contribution is 2.29. The van der Waals surface area contributed by atoms with Gasteiger partial charge in [0.2, 0.25) is 0 Å². The van der Waals surface area contributed by atoms with E-state index in [9.17, 15) is 4.79 Å². The minimum atomic E-state index is -0.131. The van der Waals surface area contributed by atoms with Gasteiger partial charge in [0.1, 0.15) is 0 Å². The number of carbonyl (C=O) groups excluding carboxylic acids is 1. The predicted molar refractivity (Wildman–Crippen MR) is 112 cm³/mol. The lowest BCUT2D eigenvalue weighted by Crippen LogP contribution is -2.12. The van der Waals surface area contributed by atoms with E-state index in [4.69, 9.17) is 0 Å². The van der Waals surface area contributed by atoms with Gasteiger partial charge in [0.05, 0.1) is 16.4 Å². The molecule has 1 N–H and O–H groups in total. The summed E-state index contributed by atoms with van der Waals surface area (Å²) in [6.45, 7) is 1.98. The fraction of sp³-hybridized carbons (Fsp3) is 0.0435. The molecule has 0 spiro atoms. The number of rotatable bonds is 4. The molecule has 0 unspecified atom stereocenters. The standard InChI is InChI=1S/C23H18N2OS/c1-16-24-22(15-27-16)20-9-5-6-10-21(20)25-23(26)19-13-11-18(12-14-19)17-7-3-2-4-8-17/h2-15H,1H3,(H,25,26). The quantitative estimate of drug-likeness (QED) is 0.476. The van der Waals surface area contributed by atoms with E-state index in [-0.39, 0.29) is 5.91 Å². The molecule has 1 amide bonds. The molecule has 0 fully saturated rings. The summed E-state index contributed by atoms with van der Waals surface area (Å²) in [5.74, 6) is -0.131. The van der Waals surface area contributed by atoms with Gasteiger partial charge in [-0.1, -0.05) is 60.7 Å². The topological polar surface area (TPSA) is 42.0 Å². The van der Waals surface area contributed by atoms with Crippen molar-refractivity contribution in [1.29, 1.82) is 0 Å². The molecule has 1 aromatic heterocycles. The zero-order valence-electron chi connectivity index (χ0n) is 14.8. The van der Waals surface area contributed by atoms with Crippen LogP contribution in [0.4, 0.5) is 5.69 Å². The molecule has 4 heteroatoms. The monoisotopic (exact) mass is 370 g/mol. The highest BCUT2D eigenvalue weighted by molar-refractivity contribution is 7.09. The molecule has 0 saturated carbocycles. The summed E-state index contributed by atoms with van der Waals surface area (Å²) in [4.78, 5) is 17.3. The van der Waals surface area contributed by atoms with Gasteiger partial charge in [-0.25, -0.2) is 4.98 Å². The Balaban J connectivity index is 1.57. The van der Waals surface area contributed by atoms with Crippen LogP contribution >= 0.6 is 11.3 Å². The average molecular weight is 370 g/mol. The van der Waals surface area contributed by atoms with Crippen LogP contribution < -0.4 is 5.32 Å². The Hall–Kier alpha value is -3.24. The van der Waals surface area contributed by atoms with Crippen LogP contribution in [-0.2, 0) is 0 Å². The van der Waals surface area contributed by atoms with Gasteiger partial charge in [-0.05, 0) is 36.2 Å². The fourth-order valence-electron chi connectivity index (χ4n) is 2.94. The largest absolute Gasteiger partial charge is 0.321 e. The zero-order valence-corrected chi connectivity index (χ0v) is 15.7. The Bertz CT molecular complexity index is 1070. The summed E-state index contributed by atoms with van der Waals surface area (Å²) in [5.41, 5.74) is 5.42. The summed E-state index contributed by atoms with van der Waals surface area (Å²) in [6, 6.07) is 25.5. The normalized spacial score (nSPS) is 10.6. The van der Waals surface area contributed by atoms with Crippen LogP contribution in [0, 0.1) is 6.92 Å². The smallest absolute Gasteiger partial charge is 0.255 e. The molecule has 0 bridgehead atoms. The average Bonchev–Trinajstić information content (AvgIpc) is 3.15. The van der Waals surface area contributed by atoms with E-state index in [2.05, 4.69) is 22.4 Å². The van der Waals surface area contributed by atoms with Crippen molar-refractivity contribution < 1.29 is 4.79 Å². The van der Waals surface area contributed by atoms with Crippen molar-refractivity contribution in [2.45, 2.75) is 6.92 Å². The molecule has 0 radical (unpaired) electrons. The van der Waals surface area contributed by atoms with Crippen LogP contribution in [0.25, 0.3) is 22.4 Å². The molecule has 0 aliphatic carbocycles. The maximum Gasteiger partial charge on any atom is 0.255 e. The maximum absolute atomic E-state index is 12.7. The highest BCUT2D eigenvalue weighted by atomic mass is 32.1. The Labute approximate surface area is 162 Å². The molecule has 0 aliphatic heterocycles. The van der Waals surface area contributed by atoms with Crippen LogP contribution in [0.3, 0.4) is 0 Å².